The van der Waals surface area contributed by atoms with Crippen molar-refractivity contribution < 1.29 is 17.9 Å². The molecule has 1 amide bonds. The molecule has 1 N–H and O–H groups in total. The molecule has 0 aromatic heterocycles. The van der Waals surface area contributed by atoms with Gasteiger partial charge in [0, 0.05) is 18.3 Å². The third kappa shape index (κ3) is 5.61. The Balaban J connectivity index is 1.59. The number of amides is 1. The van der Waals surface area contributed by atoms with Crippen LogP contribution >= 0.6 is 0 Å². The Morgan fingerprint density at radius 1 is 0.933 bits per heavy atom. The number of likely N-dealkylation sites (N-methyl/N-ethyl adjacent to an activating group) is 1. The number of hydrogen-bond donors (Lipinski definition) is 1. The van der Waals surface area contributed by atoms with Crippen LogP contribution in [0.25, 0.3) is 0 Å². The molecule has 156 valence electrons. The predicted molar refractivity (Wildman–Crippen MR) is 117 cm³/mol. The van der Waals surface area contributed by atoms with E-state index in [9.17, 15) is 13.2 Å². The van der Waals surface area contributed by atoms with Crippen LogP contribution in [-0.4, -0.2) is 39.4 Å². The monoisotopic (exact) mass is 424 g/mol. The van der Waals surface area contributed by atoms with E-state index in [-0.39, 0.29) is 10.8 Å². The summed E-state index contributed by atoms with van der Waals surface area (Å²) >= 11 is 0. The van der Waals surface area contributed by atoms with Crippen LogP contribution < -0.4 is 9.46 Å². The molecule has 0 unspecified atom stereocenters. The molecular weight excluding hydrogens is 400 g/mol. The van der Waals surface area contributed by atoms with Gasteiger partial charge < -0.3 is 9.64 Å². The first kappa shape index (κ1) is 21.4. The summed E-state index contributed by atoms with van der Waals surface area (Å²) < 4.78 is 33.3. The van der Waals surface area contributed by atoms with Crippen LogP contribution in [0, 0.1) is 6.92 Å². The fraction of sp³-hybridized carbons (Fsp3) is 0.174. The molecular formula is C23H24N2O4S. The summed E-state index contributed by atoms with van der Waals surface area (Å²) in [4.78, 5) is 14.2. The zero-order valence-electron chi connectivity index (χ0n) is 16.9. The van der Waals surface area contributed by atoms with Crippen LogP contribution in [0.15, 0.2) is 83.8 Å². The molecule has 0 radical (unpaired) electrons. The molecule has 0 atom stereocenters. The second-order valence-electron chi connectivity index (χ2n) is 6.88. The van der Waals surface area contributed by atoms with Gasteiger partial charge in [-0.05, 0) is 55.5 Å². The van der Waals surface area contributed by atoms with Crippen LogP contribution in [0.3, 0.4) is 0 Å². The van der Waals surface area contributed by atoms with Crippen LogP contribution in [0.4, 0.5) is 5.69 Å². The molecule has 30 heavy (non-hydrogen) atoms. The van der Waals surface area contributed by atoms with Gasteiger partial charge in [-0.1, -0.05) is 35.9 Å². The number of carbonyl (C=O) groups is 1. The van der Waals surface area contributed by atoms with Gasteiger partial charge in [0.05, 0.1) is 11.4 Å². The van der Waals surface area contributed by atoms with E-state index in [0.717, 1.165) is 11.3 Å². The first-order valence-electron chi connectivity index (χ1n) is 9.48. The summed E-state index contributed by atoms with van der Waals surface area (Å²) in [5.41, 5.74) is 1.93. The summed E-state index contributed by atoms with van der Waals surface area (Å²) in [5, 5.41) is 0. The van der Waals surface area contributed by atoms with Crippen molar-refractivity contribution in [1.29, 1.82) is 0 Å². The SMILES string of the molecule is Cc1ccc(NS(=O)(=O)c2ccc(C(=O)N(C)CCOc3ccccc3)cc2)cc1. The van der Waals surface area contributed by atoms with E-state index in [4.69, 9.17) is 4.74 Å². The van der Waals surface area contributed by atoms with Gasteiger partial charge in [-0.25, -0.2) is 8.42 Å². The van der Waals surface area contributed by atoms with E-state index in [0.29, 0.717) is 24.4 Å². The number of ether oxygens (including phenoxy) is 1. The molecule has 0 saturated heterocycles. The molecule has 3 rings (SSSR count). The number of anilines is 1. The molecule has 0 aliphatic heterocycles. The van der Waals surface area contributed by atoms with E-state index >= 15 is 0 Å². The third-order valence-corrected chi connectivity index (χ3v) is 5.90. The number of nitrogens with zero attached hydrogens (tertiary/aromatic N) is 1. The highest BCUT2D eigenvalue weighted by molar-refractivity contribution is 7.92. The lowest BCUT2D eigenvalue weighted by atomic mass is 10.2. The number of para-hydroxylation sites is 1. The van der Waals surface area contributed by atoms with E-state index in [1.807, 2.05) is 49.4 Å². The molecule has 0 heterocycles. The number of rotatable bonds is 8. The van der Waals surface area contributed by atoms with E-state index in [2.05, 4.69) is 4.72 Å². The van der Waals surface area contributed by atoms with Crippen molar-refractivity contribution in [1.82, 2.24) is 4.90 Å². The summed E-state index contributed by atoms with van der Waals surface area (Å²) in [6, 6.07) is 22.3. The van der Waals surface area contributed by atoms with Gasteiger partial charge in [-0.15, -0.1) is 0 Å². The molecule has 3 aromatic rings. The number of benzene rings is 3. The summed E-state index contributed by atoms with van der Waals surface area (Å²) in [6.45, 7) is 2.70. The number of carbonyl (C=O) groups excluding carboxylic acids is 1. The molecule has 3 aromatic carbocycles. The van der Waals surface area contributed by atoms with Crippen molar-refractivity contribution in [3.05, 3.63) is 90.0 Å². The zero-order chi connectivity index (χ0) is 21.6. The van der Waals surface area contributed by atoms with Gasteiger partial charge >= 0.3 is 0 Å². The quantitative estimate of drug-likeness (QED) is 0.594. The highest BCUT2D eigenvalue weighted by atomic mass is 32.2. The van der Waals surface area contributed by atoms with Gasteiger partial charge in [0.25, 0.3) is 15.9 Å². The van der Waals surface area contributed by atoms with Crippen molar-refractivity contribution >= 4 is 21.6 Å². The Bertz CT molecular complexity index is 1080. The fourth-order valence-corrected chi connectivity index (χ4v) is 3.81. The summed E-state index contributed by atoms with van der Waals surface area (Å²) in [5.74, 6) is 0.538. The Morgan fingerprint density at radius 3 is 2.20 bits per heavy atom. The van der Waals surface area contributed by atoms with Crippen molar-refractivity contribution in [2.24, 2.45) is 0 Å². The maximum atomic E-state index is 12.6. The molecule has 7 heteroatoms. The Hall–Kier alpha value is -3.32. The highest BCUT2D eigenvalue weighted by Gasteiger charge is 2.17. The van der Waals surface area contributed by atoms with Crippen LogP contribution in [0.1, 0.15) is 15.9 Å². The minimum atomic E-state index is -3.73. The molecule has 0 saturated carbocycles. The minimum Gasteiger partial charge on any atom is -0.492 e. The topological polar surface area (TPSA) is 75.7 Å². The lowest BCUT2D eigenvalue weighted by Gasteiger charge is -2.18. The van der Waals surface area contributed by atoms with Crippen molar-refractivity contribution in [2.45, 2.75) is 11.8 Å². The molecule has 0 fully saturated rings. The standard InChI is InChI=1S/C23H24N2O4S/c1-18-8-12-20(13-9-18)24-30(27,28)22-14-10-19(11-15-22)23(26)25(2)16-17-29-21-6-4-3-5-7-21/h3-15,24H,16-17H2,1-2H3. The average Bonchev–Trinajstić information content (AvgIpc) is 2.75. The number of nitrogens with one attached hydrogen (secondary N) is 1. The van der Waals surface area contributed by atoms with Crippen LogP contribution in [0.5, 0.6) is 5.75 Å². The maximum absolute atomic E-state index is 12.6. The lowest BCUT2D eigenvalue weighted by Crippen LogP contribution is -2.30. The second-order valence-corrected chi connectivity index (χ2v) is 8.57. The van der Waals surface area contributed by atoms with Crippen molar-refractivity contribution in [3.8, 4) is 5.75 Å². The Labute approximate surface area is 177 Å². The molecule has 0 spiro atoms. The van der Waals surface area contributed by atoms with E-state index in [1.165, 1.54) is 29.2 Å². The minimum absolute atomic E-state index is 0.0923. The van der Waals surface area contributed by atoms with Gasteiger partial charge in [0.2, 0.25) is 0 Å². The van der Waals surface area contributed by atoms with E-state index in [1.54, 1.807) is 19.2 Å². The lowest BCUT2D eigenvalue weighted by molar-refractivity contribution is 0.0773. The number of hydrogen-bond acceptors (Lipinski definition) is 4. The summed E-state index contributed by atoms with van der Waals surface area (Å²) in [7, 11) is -2.05. The Morgan fingerprint density at radius 2 is 1.57 bits per heavy atom. The van der Waals surface area contributed by atoms with Gasteiger partial charge in [-0.2, -0.15) is 0 Å². The van der Waals surface area contributed by atoms with Crippen molar-refractivity contribution in [2.75, 3.05) is 24.9 Å². The summed E-state index contributed by atoms with van der Waals surface area (Å²) in [6.07, 6.45) is 0. The van der Waals surface area contributed by atoms with Gasteiger partial charge in [-0.3, -0.25) is 9.52 Å². The first-order chi connectivity index (χ1) is 14.3. The van der Waals surface area contributed by atoms with Crippen LogP contribution in [0.2, 0.25) is 0 Å². The maximum Gasteiger partial charge on any atom is 0.261 e. The first-order valence-corrected chi connectivity index (χ1v) is 11.0. The van der Waals surface area contributed by atoms with E-state index < -0.39 is 10.0 Å². The molecule has 0 aliphatic rings. The third-order valence-electron chi connectivity index (χ3n) is 4.50. The average molecular weight is 425 g/mol. The van der Waals surface area contributed by atoms with Crippen molar-refractivity contribution in [3.63, 3.8) is 0 Å². The highest BCUT2D eigenvalue weighted by Crippen LogP contribution is 2.18. The molecule has 0 bridgehead atoms. The predicted octanol–water partition coefficient (Wildman–Crippen LogP) is 3.95. The number of sulfonamides is 1. The van der Waals surface area contributed by atoms with Crippen LogP contribution in [-0.2, 0) is 10.0 Å². The fourth-order valence-electron chi connectivity index (χ4n) is 2.75. The Kier molecular flexibility index (Phi) is 6.74. The zero-order valence-corrected chi connectivity index (χ0v) is 17.7. The largest absolute Gasteiger partial charge is 0.492 e. The van der Waals surface area contributed by atoms with Gasteiger partial charge in [0.15, 0.2) is 0 Å². The van der Waals surface area contributed by atoms with Gasteiger partial charge in [0.1, 0.15) is 12.4 Å². The normalized spacial score (nSPS) is 11.0. The smallest absolute Gasteiger partial charge is 0.261 e. The molecule has 6 nitrogen and oxygen atoms in total. The second kappa shape index (κ2) is 9.45. The number of aryl methyl sites for hydroxylation is 1. The molecule has 0 aliphatic carbocycles.